The van der Waals surface area contributed by atoms with Crippen molar-refractivity contribution in [2.75, 3.05) is 18.4 Å². The van der Waals surface area contributed by atoms with Gasteiger partial charge in [-0.15, -0.1) is 0 Å². The summed E-state index contributed by atoms with van der Waals surface area (Å²) in [5.41, 5.74) is 2.70. The van der Waals surface area contributed by atoms with Gasteiger partial charge in [-0.3, -0.25) is 4.98 Å². The van der Waals surface area contributed by atoms with Crippen molar-refractivity contribution >= 4 is 28.9 Å². The second-order valence-electron chi connectivity index (χ2n) is 6.09. The number of amides is 2. The number of pyridine rings is 1. The highest BCUT2D eigenvalue weighted by Crippen LogP contribution is 2.28. The normalized spacial score (nSPS) is 14.0. The van der Waals surface area contributed by atoms with Crippen molar-refractivity contribution in [1.29, 1.82) is 0 Å². The average Bonchev–Trinajstić information content (AvgIpc) is 2.69. The van der Waals surface area contributed by atoms with E-state index in [9.17, 15) is 13.6 Å². The van der Waals surface area contributed by atoms with Crippen LogP contribution >= 0.6 is 11.6 Å². The number of carbonyl (C=O) groups is 1. The fraction of sp³-hybridized carbons (Fsp3) is 0.263. The first-order valence-corrected chi connectivity index (χ1v) is 8.89. The maximum absolute atomic E-state index is 12.4. The number of aliphatic hydroxyl groups excluding tert-OH is 1. The second kappa shape index (κ2) is 8.99. The smallest absolute Gasteiger partial charge is 0.387 e. The maximum atomic E-state index is 12.4. The van der Waals surface area contributed by atoms with Gasteiger partial charge in [-0.05, 0) is 47.9 Å². The van der Waals surface area contributed by atoms with Gasteiger partial charge >= 0.3 is 12.6 Å². The summed E-state index contributed by atoms with van der Waals surface area (Å²) in [4.78, 5) is 18.3. The molecule has 0 saturated heterocycles. The Bertz CT molecular complexity index is 875. The highest BCUT2D eigenvalue weighted by atomic mass is 35.5. The van der Waals surface area contributed by atoms with Crippen molar-refractivity contribution in [3.8, 4) is 5.75 Å². The van der Waals surface area contributed by atoms with Crippen LogP contribution in [0.5, 0.6) is 5.75 Å². The molecular weight excluding hydrogens is 392 g/mol. The summed E-state index contributed by atoms with van der Waals surface area (Å²) in [6.45, 7) is -2.16. The quantitative estimate of drug-likeness (QED) is 0.778. The molecule has 2 N–H and O–H groups in total. The van der Waals surface area contributed by atoms with Crippen molar-refractivity contribution in [2.45, 2.75) is 19.6 Å². The molecule has 0 unspecified atom stereocenters. The summed E-state index contributed by atoms with van der Waals surface area (Å²) in [6, 6.07) is 7.08. The molecule has 1 aromatic heterocycles. The van der Waals surface area contributed by atoms with Crippen LogP contribution in [0.1, 0.15) is 17.7 Å². The Kier molecular flexibility index (Phi) is 6.43. The first-order valence-electron chi connectivity index (χ1n) is 8.51. The standard InChI is InChI=1S/C19H18ClF2N3O3/c20-16-9-12(11-26)10-23-17(16)13-5-7-25(8-6-13)19(27)24-14-1-3-15(4-2-14)28-18(21)22/h1-5,9-10,18,26H,6-8,11H2,(H,24,27). The molecule has 0 saturated carbocycles. The Balaban J connectivity index is 1.60. The van der Waals surface area contributed by atoms with Gasteiger partial charge in [0.2, 0.25) is 0 Å². The molecule has 0 atom stereocenters. The van der Waals surface area contributed by atoms with Gasteiger partial charge in [0.15, 0.2) is 0 Å². The Morgan fingerprint density at radius 1 is 1.36 bits per heavy atom. The van der Waals surface area contributed by atoms with Crippen LogP contribution in [-0.4, -0.2) is 40.7 Å². The summed E-state index contributed by atoms with van der Waals surface area (Å²) < 4.78 is 28.6. The molecule has 28 heavy (non-hydrogen) atoms. The van der Waals surface area contributed by atoms with E-state index in [0.717, 1.165) is 5.57 Å². The third-order valence-corrected chi connectivity index (χ3v) is 4.50. The average molecular weight is 410 g/mol. The predicted molar refractivity (Wildman–Crippen MR) is 101 cm³/mol. The van der Waals surface area contributed by atoms with E-state index in [1.165, 1.54) is 24.3 Å². The van der Waals surface area contributed by atoms with Gasteiger partial charge in [-0.2, -0.15) is 8.78 Å². The molecule has 0 radical (unpaired) electrons. The lowest BCUT2D eigenvalue weighted by Crippen LogP contribution is -2.37. The highest BCUT2D eigenvalue weighted by molar-refractivity contribution is 6.32. The first-order chi connectivity index (χ1) is 13.5. The molecular formula is C19H18ClF2N3O3. The number of hydrogen-bond donors (Lipinski definition) is 2. The Labute approximate surface area is 165 Å². The van der Waals surface area contributed by atoms with Crippen molar-refractivity contribution in [1.82, 2.24) is 9.88 Å². The molecule has 1 aromatic carbocycles. The lowest BCUT2D eigenvalue weighted by molar-refractivity contribution is -0.0498. The number of halogens is 3. The zero-order valence-electron chi connectivity index (χ0n) is 14.7. The maximum Gasteiger partial charge on any atom is 0.387 e. The van der Waals surface area contributed by atoms with E-state index in [1.807, 2.05) is 6.08 Å². The number of hydrogen-bond acceptors (Lipinski definition) is 4. The molecule has 1 aliphatic heterocycles. The minimum Gasteiger partial charge on any atom is -0.435 e. The van der Waals surface area contributed by atoms with Crippen LogP contribution in [0.25, 0.3) is 5.57 Å². The molecule has 2 heterocycles. The topological polar surface area (TPSA) is 74.7 Å². The van der Waals surface area contributed by atoms with E-state index < -0.39 is 6.61 Å². The summed E-state index contributed by atoms with van der Waals surface area (Å²) >= 11 is 6.23. The first kappa shape index (κ1) is 20.0. The Morgan fingerprint density at radius 2 is 2.11 bits per heavy atom. The molecule has 1 aliphatic rings. The molecule has 0 aliphatic carbocycles. The van der Waals surface area contributed by atoms with Crippen molar-refractivity contribution in [2.24, 2.45) is 0 Å². The van der Waals surface area contributed by atoms with Gasteiger partial charge in [0.05, 0.1) is 17.3 Å². The molecule has 2 amide bonds. The molecule has 0 fully saturated rings. The van der Waals surface area contributed by atoms with Crippen LogP contribution in [0.4, 0.5) is 19.3 Å². The number of benzene rings is 1. The Hall–Kier alpha value is -2.71. The van der Waals surface area contributed by atoms with Crippen LogP contribution in [0.2, 0.25) is 5.02 Å². The number of aliphatic hydroxyl groups is 1. The van der Waals surface area contributed by atoms with Gasteiger partial charge in [0.25, 0.3) is 0 Å². The predicted octanol–water partition coefficient (Wildman–Crippen LogP) is 4.15. The third-order valence-electron chi connectivity index (χ3n) is 4.21. The van der Waals surface area contributed by atoms with Crippen LogP contribution in [0.3, 0.4) is 0 Å². The largest absolute Gasteiger partial charge is 0.435 e. The number of aromatic nitrogens is 1. The van der Waals surface area contributed by atoms with Crippen LogP contribution < -0.4 is 10.1 Å². The Morgan fingerprint density at radius 3 is 2.68 bits per heavy atom. The van der Waals surface area contributed by atoms with E-state index in [0.29, 0.717) is 41.5 Å². The zero-order valence-corrected chi connectivity index (χ0v) is 15.5. The lowest BCUT2D eigenvalue weighted by Gasteiger charge is -2.27. The fourth-order valence-electron chi connectivity index (χ4n) is 2.79. The number of carbonyl (C=O) groups excluding carboxylic acids is 1. The van der Waals surface area contributed by atoms with E-state index in [1.54, 1.807) is 17.2 Å². The molecule has 9 heteroatoms. The number of urea groups is 1. The van der Waals surface area contributed by atoms with Crippen molar-refractivity contribution in [3.05, 3.63) is 58.9 Å². The minimum absolute atomic E-state index is 0.0233. The molecule has 0 bridgehead atoms. The number of ether oxygens (including phenoxy) is 1. The number of anilines is 1. The van der Waals surface area contributed by atoms with Gasteiger partial charge in [-0.1, -0.05) is 17.7 Å². The van der Waals surface area contributed by atoms with Crippen molar-refractivity contribution in [3.63, 3.8) is 0 Å². The summed E-state index contributed by atoms with van der Waals surface area (Å²) in [5, 5.41) is 12.3. The van der Waals surface area contributed by atoms with E-state index in [2.05, 4.69) is 15.0 Å². The van der Waals surface area contributed by atoms with Gasteiger partial charge in [0.1, 0.15) is 5.75 Å². The van der Waals surface area contributed by atoms with Gasteiger partial charge in [0, 0.05) is 25.0 Å². The SMILES string of the molecule is O=C(Nc1ccc(OC(F)F)cc1)N1CC=C(c2ncc(CO)cc2Cl)CC1. The highest BCUT2D eigenvalue weighted by Gasteiger charge is 2.20. The van der Waals surface area contributed by atoms with E-state index in [4.69, 9.17) is 16.7 Å². The van der Waals surface area contributed by atoms with Gasteiger partial charge in [-0.25, -0.2) is 4.79 Å². The molecule has 2 aromatic rings. The fourth-order valence-corrected chi connectivity index (χ4v) is 3.10. The summed E-state index contributed by atoms with van der Waals surface area (Å²) in [6.07, 6.45) is 4.04. The van der Waals surface area contributed by atoms with Crippen LogP contribution in [-0.2, 0) is 6.61 Å². The third kappa shape index (κ3) is 4.96. The van der Waals surface area contributed by atoms with E-state index >= 15 is 0 Å². The monoisotopic (exact) mass is 409 g/mol. The zero-order chi connectivity index (χ0) is 20.1. The molecule has 148 valence electrons. The number of alkyl halides is 2. The molecule has 0 spiro atoms. The number of nitrogens with zero attached hydrogens (tertiary/aromatic N) is 2. The van der Waals surface area contributed by atoms with Crippen LogP contribution in [0, 0.1) is 0 Å². The lowest BCUT2D eigenvalue weighted by atomic mass is 10.0. The summed E-state index contributed by atoms with van der Waals surface area (Å²) in [5.74, 6) is 0.0233. The number of rotatable bonds is 5. The van der Waals surface area contributed by atoms with E-state index in [-0.39, 0.29) is 18.4 Å². The van der Waals surface area contributed by atoms with Crippen LogP contribution in [0.15, 0.2) is 42.6 Å². The second-order valence-corrected chi connectivity index (χ2v) is 6.50. The summed E-state index contributed by atoms with van der Waals surface area (Å²) in [7, 11) is 0. The molecule has 6 nitrogen and oxygen atoms in total. The van der Waals surface area contributed by atoms with Crippen molar-refractivity contribution < 1.29 is 23.4 Å². The molecule has 3 rings (SSSR count). The number of nitrogens with one attached hydrogen (secondary N) is 1. The minimum atomic E-state index is -2.89. The van der Waals surface area contributed by atoms with Gasteiger partial charge < -0.3 is 20.1 Å².